The highest BCUT2D eigenvalue weighted by Crippen LogP contribution is 2.14. The number of carbonyl (C=O) groups is 1. The van der Waals surface area contributed by atoms with E-state index in [1.54, 1.807) is 21.4 Å². The Hall–Kier alpha value is -3.87. The van der Waals surface area contributed by atoms with E-state index >= 15 is 0 Å². The number of imidazole rings is 1. The van der Waals surface area contributed by atoms with Gasteiger partial charge in [0.15, 0.2) is 5.65 Å². The van der Waals surface area contributed by atoms with Gasteiger partial charge in [0.25, 0.3) is 5.91 Å². The van der Waals surface area contributed by atoms with Crippen LogP contribution < -0.4 is 15.9 Å². The van der Waals surface area contributed by atoms with Crippen LogP contribution in [0.5, 0.6) is 0 Å². The molecule has 4 rings (SSSR count). The molecular weight excluding hydrogens is 390 g/mol. The topological polar surface area (TPSA) is 72.2 Å². The molecule has 31 heavy (non-hydrogen) atoms. The minimum Gasteiger partial charge on any atom is -0.378 e. The predicted molar refractivity (Wildman–Crippen MR) is 123 cm³/mol. The van der Waals surface area contributed by atoms with Crippen LogP contribution in [0, 0.1) is 0 Å². The van der Waals surface area contributed by atoms with Gasteiger partial charge in [0.05, 0.1) is 12.1 Å². The Morgan fingerprint density at radius 2 is 1.81 bits per heavy atom. The van der Waals surface area contributed by atoms with Gasteiger partial charge < -0.3 is 10.2 Å². The molecule has 0 spiro atoms. The van der Waals surface area contributed by atoms with E-state index < -0.39 is 0 Å². The lowest BCUT2D eigenvalue weighted by Crippen LogP contribution is -2.32. The Morgan fingerprint density at radius 3 is 2.58 bits per heavy atom. The van der Waals surface area contributed by atoms with Crippen molar-refractivity contribution in [3.63, 3.8) is 0 Å². The van der Waals surface area contributed by atoms with Crippen molar-refractivity contribution in [2.45, 2.75) is 13.1 Å². The van der Waals surface area contributed by atoms with Gasteiger partial charge in [-0.3, -0.25) is 13.9 Å². The highest BCUT2D eigenvalue weighted by molar-refractivity contribution is 5.95. The smallest absolute Gasteiger partial charge is 0.330 e. The third-order valence-corrected chi connectivity index (χ3v) is 5.20. The van der Waals surface area contributed by atoms with Crippen molar-refractivity contribution in [3.8, 4) is 0 Å². The van der Waals surface area contributed by atoms with E-state index in [-0.39, 0.29) is 11.6 Å². The third kappa shape index (κ3) is 4.35. The van der Waals surface area contributed by atoms with Crippen molar-refractivity contribution in [1.82, 2.24) is 19.4 Å². The Kier molecular flexibility index (Phi) is 5.84. The van der Waals surface area contributed by atoms with Crippen LogP contribution in [0.2, 0.25) is 0 Å². The van der Waals surface area contributed by atoms with Crippen LogP contribution in [-0.4, -0.2) is 40.7 Å². The molecule has 158 valence electrons. The zero-order valence-electron chi connectivity index (χ0n) is 17.7. The molecular formula is C24H25N5O2. The molecule has 0 aliphatic heterocycles. The summed E-state index contributed by atoms with van der Waals surface area (Å²) in [4.78, 5) is 32.1. The number of anilines is 1. The predicted octanol–water partition coefficient (Wildman–Crippen LogP) is 2.74. The maximum Gasteiger partial charge on any atom is 0.330 e. The molecule has 7 heteroatoms. The maximum absolute atomic E-state index is 13.1. The zero-order valence-corrected chi connectivity index (χ0v) is 17.7. The van der Waals surface area contributed by atoms with E-state index in [9.17, 15) is 9.59 Å². The molecule has 4 aromatic rings. The van der Waals surface area contributed by atoms with Gasteiger partial charge in [-0.05, 0) is 35.9 Å². The number of pyridine rings is 1. The van der Waals surface area contributed by atoms with Gasteiger partial charge in [0.2, 0.25) is 0 Å². The molecule has 2 aromatic heterocycles. The summed E-state index contributed by atoms with van der Waals surface area (Å²) in [7, 11) is 3.86. The normalized spacial score (nSPS) is 10.9. The van der Waals surface area contributed by atoms with Crippen LogP contribution in [0.1, 0.15) is 15.9 Å². The van der Waals surface area contributed by atoms with Crippen LogP contribution >= 0.6 is 0 Å². The van der Waals surface area contributed by atoms with Crippen molar-refractivity contribution in [2.75, 3.05) is 25.5 Å². The molecule has 0 fully saturated rings. The number of nitrogens with one attached hydrogen (secondary N) is 1. The molecule has 7 nitrogen and oxygen atoms in total. The molecule has 1 amide bonds. The molecule has 0 bridgehead atoms. The average molecular weight is 415 g/mol. The largest absolute Gasteiger partial charge is 0.378 e. The molecule has 0 saturated carbocycles. The Labute approximate surface area is 180 Å². The van der Waals surface area contributed by atoms with Crippen molar-refractivity contribution in [3.05, 3.63) is 94.5 Å². The monoisotopic (exact) mass is 415 g/mol. The second kappa shape index (κ2) is 8.87. The lowest BCUT2D eigenvalue weighted by Gasteiger charge is -2.13. The highest BCUT2D eigenvalue weighted by Gasteiger charge is 2.15. The van der Waals surface area contributed by atoms with Crippen LogP contribution in [0.4, 0.5) is 5.69 Å². The van der Waals surface area contributed by atoms with E-state index in [0.29, 0.717) is 30.8 Å². The third-order valence-electron chi connectivity index (χ3n) is 5.20. The molecule has 1 N–H and O–H groups in total. The number of fused-ring (bicyclic) bond motifs is 1. The van der Waals surface area contributed by atoms with Crippen LogP contribution in [0.25, 0.3) is 11.2 Å². The number of hydrogen-bond donors (Lipinski definition) is 1. The lowest BCUT2D eigenvalue weighted by molar-refractivity contribution is 0.0952. The van der Waals surface area contributed by atoms with E-state index in [2.05, 4.69) is 10.3 Å². The number of rotatable bonds is 7. The number of hydrogen-bond acceptors (Lipinski definition) is 4. The van der Waals surface area contributed by atoms with Gasteiger partial charge >= 0.3 is 5.69 Å². The first-order valence-electron chi connectivity index (χ1n) is 10.2. The first kappa shape index (κ1) is 20.4. The number of nitrogens with zero attached hydrogens (tertiary/aromatic N) is 4. The highest BCUT2D eigenvalue weighted by atomic mass is 16.2. The first-order valence-corrected chi connectivity index (χ1v) is 10.2. The van der Waals surface area contributed by atoms with Crippen molar-refractivity contribution >= 4 is 22.8 Å². The summed E-state index contributed by atoms with van der Waals surface area (Å²) in [5.74, 6) is -0.169. The van der Waals surface area contributed by atoms with E-state index in [0.717, 1.165) is 16.8 Å². The molecule has 0 radical (unpaired) electrons. The van der Waals surface area contributed by atoms with Crippen LogP contribution in [0.15, 0.2) is 77.7 Å². The van der Waals surface area contributed by atoms with Gasteiger partial charge in [0.1, 0.15) is 0 Å². The fraction of sp³-hybridized carbons (Fsp3) is 0.208. The fourth-order valence-electron chi connectivity index (χ4n) is 3.58. The van der Waals surface area contributed by atoms with Gasteiger partial charge in [0, 0.05) is 44.6 Å². The minimum atomic E-state index is -0.169. The molecule has 0 saturated heterocycles. The molecule has 0 atom stereocenters. The minimum absolute atomic E-state index is 0.138. The summed E-state index contributed by atoms with van der Waals surface area (Å²) in [6.45, 7) is 1.14. The number of benzene rings is 2. The Morgan fingerprint density at radius 1 is 1.00 bits per heavy atom. The van der Waals surface area contributed by atoms with Gasteiger partial charge in [-0.1, -0.05) is 36.4 Å². The summed E-state index contributed by atoms with van der Waals surface area (Å²) in [5, 5.41) is 2.91. The quantitative estimate of drug-likeness (QED) is 0.504. The van der Waals surface area contributed by atoms with Crippen molar-refractivity contribution in [1.29, 1.82) is 0 Å². The second-order valence-electron chi connectivity index (χ2n) is 7.55. The summed E-state index contributed by atoms with van der Waals surface area (Å²) < 4.78 is 3.34. The van der Waals surface area contributed by atoms with E-state index in [1.807, 2.05) is 79.7 Å². The SMILES string of the molecule is CN(C)c1cccc(C(=O)NCCn2c(=O)n(Cc3ccccc3)c3cccnc32)c1. The zero-order chi connectivity index (χ0) is 21.8. The number of carbonyl (C=O) groups excluding carboxylic acids is 1. The maximum atomic E-state index is 13.1. The van der Waals surface area contributed by atoms with Gasteiger partial charge in [-0.25, -0.2) is 9.78 Å². The first-order chi connectivity index (χ1) is 15.0. The van der Waals surface area contributed by atoms with Crippen LogP contribution in [-0.2, 0) is 13.1 Å². The Balaban J connectivity index is 1.53. The number of amides is 1. The average Bonchev–Trinajstić information content (AvgIpc) is 3.06. The summed E-state index contributed by atoms with van der Waals surface area (Å²) >= 11 is 0. The molecule has 2 heterocycles. The molecule has 0 aliphatic rings. The van der Waals surface area contributed by atoms with Crippen molar-refractivity contribution in [2.24, 2.45) is 0 Å². The van der Waals surface area contributed by atoms with E-state index in [4.69, 9.17) is 0 Å². The summed E-state index contributed by atoms with van der Waals surface area (Å²) in [6, 6.07) is 21.0. The van der Waals surface area contributed by atoms with Gasteiger partial charge in [-0.2, -0.15) is 0 Å². The Bertz CT molecular complexity index is 1260. The number of aromatic nitrogens is 3. The van der Waals surface area contributed by atoms with Crippen LogP contribution in [0.3, 0.4) is 0 Å². The van der Waals surface area contributed by atoms with Gasteiger partial charge in [-0.15, -0.1) is 0 Å². The van der Waals surface area contributed by atoms with E-state index in [1.165, 1.54) is 0 Å². The fourth-order valence-corrected chi connectivity index (χ4v) is 3.58. The standard InChI is InChI=1S/C24H25N5O2/c1-27(2)20-11-6-10-19(16-20)23(30)26-14-15-28-22-21(12-7-13-25-22)29(24(28)31)17-18-8-4-3-5-9-18/h3-13,16H,14-15,17H2,1-2H3,(H,26,30). The summed E-state index contributed by atoms with van der Waals surface area (Å²) in [5.41, 5.74) is 3.84. The lowest BCUT2D eigenvalue weighted by atomic mass is 10.2. The second-order valence-corrected chi connectivity index (χ2v) is 7.55. The molecule has 2 aromatic carbocycles. The summed E-state index contributed by atoms with van der Waals surface area (Å²) in [6.07, 6.45) is 1.68. The van der Waals surface area contributed by atoms with Crippen molar-refractivity contribution < 1.29 is 4.79 Å². The molecule has 0 unspecified atom stereocenters. The molecule has 0 aliphatic carbocycles.